The maximum absolute atomic E-state index is 12.4. The van der Waals surface area contributed by atoms with Crippen molar-refractivity contribution in [1.82, 2.24) is 4.98 Å². The summed E-state index contributed by atoms with van der Waals surface area (Å²) in [6.07, 6.45) is 1.50. The van der Waals surface area contributed by atoms with Crippen molar-refractivity contribution in [3.63, 3.8) is 0 Å². The van der Waals surface area contributed by atoms with E-state index >= 15 is 0 Å². The van der Waals surface area contributed by atoms with Gasteiger partial charge in [0.25, 0.3) is 0 Å². The van der Waals surface area contributed by atoms with Crippen molar-refractivity contribution >= 4 is 0 Å². The highest BCUT2D eigenvalue weighted by Crippen LogP contribution is 1.97. The molecule has 0 aliphatic heterocycles. The second-order valence-corrected chi connectivity index (χ2v) is 2.00. The van der Waals surface area contributed by atoms with E-state index in [-0.39, 0.29) is 6.42 Å². The van der Waals surface area contributed by atoms with Crippen LogP contribution in [0.2, 0.25) is 0 Å². The van der Waals surface area contributed by atoms with Crippen LogP contribution in [0.25, 0.3) is 0 Å². The summed E-state index contributed by atoms with van der Waals surface area (Å²) < 4.78 is 12.4. The maximum atomic E-state index is 12.4. The number of halogens is 1. The second kappa shape index (κ2) is 4.10. The summed E-state index contributed by atoms with van der Waals surface area (Å²) >= 11 is 0. The molecular weight excluding hydrogens is 155 g/mol. The van der Waals surface area contributed by atoms with Crippen molar-refractivity contribution in [3.8, 4) is 17.9 Å². The van der Waals surface area contributed by atoms with E-state index in [1.807, 2.05) is 6.07 Å². The summed E-state index contributed by atoms with van der Waals surface area (Å²) in [4.78, 5) is 3.37. The van der Waals surface area contributed by atoms with Crippen LogP contribution in [0.5, 0.6) is 0 Å². The van der Waals surface area contributed by atoms with Crippen LogP contribution in [0.1, 0.15) is 12.0 Å². The van der Waals surface area contributed by atoms with Crippen molar-refractivity contribution in [2.75, 3.05) is 0 Å². The summed E-state index contributed by atoms with van der Waals surface area (Å²) in [6, 6.07) is 4.69. The lowest BCUT2D eigenvalue weighted by Gasteiger charge is -1.87. The Hall–Kier alpha value is -1.87. The first-order valence-corrected chi connectivity index (χ1v) is 3.30. The van der Waals surface area contributed by atoms with Gasteiger partial charge in [-0.25, -0.2) is 4.98 Å². The van der Waals surface area contributed by atoms with Gasteiger partial charge in [-0.05, 0) is 6.07 Å². The molecule has 0 bridgehead atoms. The van der Waals surface area contributed by atoms with E-state index in [4.69, 9.17) is 5.26 Å². The lowest BCUT2D eigenvalue weighted by atomic mass is 10.2. The Kier molecular flexibility index (Phi) is 2.81. The Morgan fingerprint density at radius 1 is 1.58 bits per heavy atom. The highest BCUT2D eigenvalue weighted by Gasteiger charge is 1.89. The molecule has 1 aromatic rings. The molecule has 0 fully saturated rings. The molecule has 12 heavy (non-hydrogen) atoms. The van der Waals surface area contributed by atoms with E-state index < -0.39 is 5.95 Å². The van der Waals surface area contributed by atoms with Crippen LogP contribution >= 0.6 is 0 Å². The molecule has 0 amide bonds. The standard InChI is InChI=1S/C9H5FN2/c10-9-7-8(4-6-12-9)3-1-2-5-11/h4,6-7H,2H2. The Morgan fingerprint density at radius 3 is 3.08 bits per heavy atom. The summed E-state index contributed by atoms with van der Waals surface area (Å²) in [5, 5.41) is 8.16. The van der Waals surface area contributed by atoms with Gasteiger partial charge in [0.15, 0.2) is 0 Å². The van der Waals surface area contributed by atoms with Crippen molar-refractivity contribution in [2.45, 2.75) is 6.42 Å². The molecule has 58 valence electrons. The van der Waals surface area contributed by atoms with Crippen molar-refractivity contribution in [1.29, 1.82) is 5.26 Å². The maximum Gasteiger partial charge on any atom is 0.214 e. The molecule has 2 nitrogen and oxygen atoms in total. The number of hydrogen-bond donors (Lipinski definition) is 0. The van der Waals surface area contributed by atoms with Gasteiger partial charge in [0.2, 0.25) is 5.95 Å². The van der Waals surface area contributed by atoms with Crippen LogP contribution < -0.4 is 0 Å². The first-order valence-electron chi connectivity index (χ1n) is 3.30. The molecule has 1 heterocycles. The van der Waals surface area contributed by atoms with Gasteiger partial charge in [-0.3, -0.25) is 0 Å². The molecule has 0 N–H and O–H groups in total. The number of nitrogens with zero attached hydrogens (tertiary/aromatic N) is 2. The Bertz CT molecular complexity index is 368. The molecule has 0 saturated heterocycles. The fraction of sp³-hybridized carbons (Fsp3) is 0.111. The summed E-state index contributed by atoms with van der Waals surface area (Å²) in [6.45, 7) is 0. The number of pyridine rings is 1. The van der Waals surface area contributed by atoms with Crippen LogP contribution in [-0.2, 0) is 0 Å². The molecule has 3 heteroatoms. The zero-order valence-corrected chi connectivity index (χ0v) is 6.21. The SMILES string of the molecule is N#CCC#Cc1ccnc(F)c1. The zero-order valence-electron chi connectivity index (χ0n) is 6.21. The number of rotatable bonds is 0. The van der Waals surface area contributed by atoms with Gasteiger partial charge >= 0.3 is 0 Å². The predicted molar refractivity (Wildman–Crippen MR) is 41.3 cm³/mol. The minimum atomic E-state index is -0.557. The quantitative estimate of drug-likeness (QED) is 0.426. The smallest absolute Gasteiger partial charge is 0.214 e. The predicted octanol–water partition coefficient (Wildman–Crippen LogP) is 1.49. The molecule has 0 aliphatic carbocycles. The lowest BCUT2D eigenvalue weighted by Crippen LogP contribution is -1.81. The van der Waals surface area contributed by atoms with Gasteiger partial charge in [0.05, 0.1) is 12.5 Å². The monoisotopic (exact) mass is 160 g/mol. The summed E-state index contributed by atoms with van der Waals surface area (Å²) in [7, 11) is 0. The molecule has 0 radical (unpaired) electrons. The average molecular weight is 160 g/mol. The zero-order chi connectivity index (χ0) is 8.81. The van der Waals surface area contributed by atoms with Crippen LogP contribution in [0.4, 0.5) is 4.39 Å². The van der Waals surface area contributed by atoms with E-state index in [2.05, 4.69) is 16.8 Å². The van der Waals surface area contributed by atoms with Crippen molar-refractivity contribution in [2.24, 2.45) is 0 Å². The van der Waals surface area contributed by atoms with Gasteiger partial charge in [0.1, 0.15) is 0 Å². The van der Waals surface area contributed by atoms with Crippen LogP contribution in [0, 0.1) is 29.1 Å². The Balaban J connectivity index is 2.79. The normalized spacial score (nSPS) is 8.00. The molecule has 0 aromatic carbocycles. The minimum absolute atomic E-state index is 0.157. The van der Waals surface area contributed by atoms with E-state index in [9.17, 15) is 4.39 Å². The molecule has 0 saturated carbocycles. The Morgan fingerprint density at radius 2 is 2.42 bits per heavy atom. The van der Waals surface area contributed by atoms with Crippen molar-refractivity contribution in [3.05, 3.63) is 29.8 Å². The molecule has 0 spiro atoms. The molecule has 0 atom stereocenters. The Labute approximate surface area is 69.7 Å². The van der Waals surface area contributed by atoms with Gasteiger partial charge < -0.3 is 0 Å². The van der Waals surface area contributed by atoms with Crippen molar-refractivity contribution < 1.29 is 4.39 Å². The second-order valence-electron chi connectivity index (χ2n) is 2.00. The third-order valence-electron chi connectivity index (χ3n) is 1.13. The molecule has 1 aromatic heterocycles. The number of hydrogen-bond acceptors (Lipinski definition) is 2. The van der Waals surface area contributed by atoms with E-state index in [1.54, 1.807) is 6.07 Å². The molecule has 0 unspecified atom stereocenters. The number of nitriles is 1. The van der Waals surface area contributed by atoms with Gasteiger partial charge in [0, 0.05) is 17.8 Å². The molecule has 0 aliphatic rings. The molecular formula is C9H5FN2. The lowest BCUT2D eigenvalue weighted by molar-refractivity contribution is 0.583. The third-order valence-corrected chi connectivity index (χ3v) is 1.13. The van der Waals surface area contributed by atoms with Crippen LogP contribution in [0.3, 0.4) is 0 Å². The van der Waals surface area contributed by atoms with E-state index in [0.29, 0.717) is 5.56 Å². The van der Waals surface area contributed by atoms with E-state index in [1.165, 1.54) is 12.3 Å². The first-order chi connectivity index (χ1) is 5.83. The van der Waals surface area contributed by atoms with Gasteiger partial charge in [-0.1, -0.05) is 11.8 Å². The topological polar surface area (TPSA) is 36.7 Å². The summed E-state index contributed by atoms with van der Waals surface area (Å²) in [5.74, 6) is 4.65. The molecule has 1 rings (SSSR count). The third kappa shape index (κ3) is 2.40. The fourth-order valence-electron chi connectivity index (χ4n) is 0.666. The van der Waals surface area contributed by atoms with Crippen LogP contribution in [0.15, 0.2) is 18.3 Å². The first kappa shape index (κ1) is 8.23. The van der Waals surface area contributed by atoms with Gasteiger partial charge in [-0.2, -0.15) is 9.65 Å². The highest BCUT2D eigenvalue weighted by molar-refractivity contribution is 5.32. The highest BCUT2D eigenvalue weighted by atomic mass is 19.1. The van der Waals surface area contributed by atoms with E-state index in [0.717, 1.165) is 0 Å². The van der Waals surface area contributed by atoms with Gasteiger partial charge in [-0.15, -0.1) is 0 Å². The number of aromatic nitrogens is 1. The average Bonchev–Trinajstić information content (AvgIpc) is 2.05. The minimum Gasteiger partial charge on any atom is -0.228 e. The largest absolute Gasteiger partial charge is 0.228 e. The van der Waals surface area contributed by atoms with Crippen LogP contribution in [-0.4, -0.2) is 4.98 Å². The summed E-state index contributed by atoms with van der Waals surface area (Å²) in [5.41, 5.74) is 0.540. The fourth-order valence-corrected chi connectivity index (χ4v) is 0.666.